The van der Waals surface area contributed by atoms with Gasteiger partial charge in [-0.05, 0) is 0 Å². The Morgan fingerprint density at radius 1 is 0.458 bits per heavy atom. The van der Waals surface area contributed by atoms with Crippen molar-refractivity contribution in [3.05, 3.63) is 45.7 Å². The van der Waals surface area contributed by atoms with E-state index in [1.165, 1.54) is 0 Å². The van der Waals surface area contributed by atoms with Gasteiger partial charge in [0, 0.05) is 32.3 Å². The monoisotopic (exact) mass is 384 g/mol. The van der Waals surface area contributed by atoms with E-state index in [1.807, 2.05) is 0 Å². The first-order chi connectivity index (χ1) is 11.2. The highest BCUT2D eigenvalue weighted by molar-refractivity contribution is 6.44. The lowest BCUT2D eigenvalue weighted by molar-refractivity contribution is 0.478. The molecule has 0 saturated heterocycles. The van der Waals surface area contributed by atoms with Crippen molar-refractivity contribution in [1.29, 1.82) is 0 Å². The molecule has 24 heavy (non-hydrogen) atoms. The maximum absolute atomic E-state index is 12.3. The number of hydrogen-bond acceptors (Lipinski definition) is 6. The van der Waals surface area contributed by atoms with Crippen molar-refractivity contribution in [2.75, 3.05) is 0 Å². The summed E-state index contributed by atoms with van der Waals surface area (Å²) in [6.45, 7) is 0. The summed E-state index contributed by atoms with van der Waals surface area (Å²) in [4.78, 5) is 37.0. The minimum atomic E-state index is -0.897. The van der Waals surface area contributed by atoms with Crippen LogP contribution in [0.5, 0.6) is 17.2 Å². The van der Waals surface area contributed by atoms with Crippen molar-refractivity contribution in [3.63, 3.8) is 0 Å². The normalized spacial score (nSPS) is 12.1. The molecule has 6 nitrogen and oxygen atoms in total. The van der Waals surface area contributed by atoms with Crippen LogP contribution >= 0.6 is 34.8 Å². The molecular weight excluding hydrogens is 383 g/mol. The lowest BCUT2D eigenvalue weighted by Gasteiger charge is -2.00. The van der Waals surface area contributed by atoms with Gasteiger partial charge < -0.3 is 15.3 Å². The van der Waals surface area contributed by atoms with E-state index in [9.17, 15) is 29.7 Å². The molecule has 0 heterocycles. The minimum absolute atomic E-state index is 0.272. The Morgan fingerprint density at radius 3 is 0.958 bits per heavy atom. The van der Waals surface area contributed by atoms with Crippen molar-refractivity contribution >= 4 is 67.1 Å². The zero-order valence-corrected chi connectivity index (χ0v) is 13.5. The molecule has 0 aliphatic rings. The fourth-order valence-electron chi connectivity index (χ4n) is 3.12. The summed E-state index contributed by atoms with van der Waals surface area (Å²) in [6, 6.07) is 0. The SMILES string of the molecule is O=c1c(Cl)c(O)c2c3c(O)c(Cl)c(=O)c3c3c(=O)c(Cl)c(O)c3c12. The zero-order chi connectivity index (χ0) is 17.7. The van der Waals surface area contributed by atoms with Crippen molar-refractivity contribution in [2.24, 2.45) is 0 Å². The first-order valence-corrected chi connectivity index (χ1v) is 7.48. The third-order valence-electron chi connectivity index (χ3n) is 4.11. The summed E-state index contributed by atoms with van der Waals surface area (Å²) in [5.41, 5.74) is -2.66. The quantitative estimate of drug-likeness (QED) is 0.429. The van der Waals surface area contributed by atoms with E-state index in [2.05, 4.69) is 0 Å². The number of halogens is 3. The molecule has 0 saturated carbocycles. The van der Waals surface area contributed by atoms with Gasteiger partial charge in [-0.2, -0.15) is 0 Å². The molecule has 4 rings (SSSR count). The molecule has 0 bridgehead atoms. The fraction of sp³-hybridized carbons (Fsp3) is 0. The van der Waals surface area contributed by atoms with Gasteiger partial charge in [-0.25, -0.2) is 0 Å². The summed E-state index contributed by atoms with van der Waals surface area (Å²) in [5.74, 6) is -2.10. The van der Waals surface area contributed by atoms with E-state index in [0.29, 0.717) is 0 Å². The van der Waals surface area contributed by atoms with Crippen LogP contribution in [0, 0.1) is 0 Å². The van der Waals surface area contributed by atoms with Crippen LogP contribution in [-0.4, -0.2) is 15.3 Å². The average Bonchev–Trinajstić information content (AvgIpc) is 3.02. The highest BCUT2D eigenvalue weighted by atomic mass is 35.5. The summed E-state index contributed by atoms with van der Waals surface area (Å²) < 4.78 is 0. The van der Waals surface area contributed by atoms with E-state index in [0.717, 1.165) is 0 Å². The van der Waals surface area contributed by atoms with Crippen LogP contribution in [0.2, 0.25) is 15.1 Å². The van der Waals surface area contributed by atoms with Crippen molar-refractivity contribution < 1.29 is 15.3 Å². The number of aromatic hydroxyl groups is 3. The molecule has 3 N–H and O–H groups in total. The van der Waals surface area contributed by atoms with Gasteiger partial charge in [0.25, 0.3) is 0 Å². The van der Waals surface area contributed by atoms with Crippen LogP contribution in [0.4, 0.5) is 0 Å². The molecular formula is C15H3Cl3O6. The highest BCUT2D eigenvalue weighted by Gasteiger charge is 2.31. The number of rotatable bonds is 0. The molecule has 0 radical (unpaired) electrons. The number of hydrogen-bond donors (Lipinski definition) is 3. The predicted molar refractivity (Wildman–Crippen MR) is 91.4 cm³/mol. The molecule has 0 spiro atoms. The Hall–Kier alpha value is -2.28. The van der Waals surface area contributed by atoms with Crippen LogP contribution in [-0.2, 0) is 0 Å². The molecule has 0 atom stereocenters. The Bertz CT molecular complexity index is 1370. The summed E-state index contributed by atoms with van der Waals surface area (Å²) in [5, 5.41) is 26.8. The zero-order valence-electron chi connectivity index (χ0n) is 11.2. The Morgan fingerprint density at radius 2 is 0.667 bits per heavy atom. The molecule has 0 aliphatic carbocycles. The molecule has 0 amide bonds. The maximum Gasteiger partial charge on any atom is 0.209 e. The summed E-state index contributed by atoms with van der Waals surface area (Å²) >= 11 is 17.3. The van der Waals surface area contributed by atoms with Crippen molar-refractivity contribution in [3.8, 4) is 17.2 Å². The lowest BCUT2D eigenvalue weighted by Crippen LogP contribution is -2.02. The van der Waals surface area contributed by atoms with Crippen molar-refractivity contribution in [2.45, 2.75) is 0 Å². The van der Waals surface area contributed by atoms with E-state index in [-0.39, 0.29) is 32.3 Å². The minimum Gasteiger partial charge on any atom is -0.506 e. The third kappa shape index (κ3) is 1.42. The van der Waals surface area contributed by atoms with Gasteiger partial charge in [-0.3, -0.25) is 14.4 Å². The van der Waals surface area contributed by atoms with Crippen LogP contribution < -0.4 is 16.3 Å². The molecule has 9 heteroatoms. The number of benzene rings is 1. The van der Waals surface area contributed by atoms with Crippen LogP contribution in [0.25, 0.3) is 32.3 Å². The van der Waals surface area contributed by atoms with E-state index in [4.69, 9.17) is 34.8 Å². The average molecular weight is 386 g/mol. The highest BCUT2D eigenvalue weighted by Crippen LogP contribution is 2.48. The predicted octanol–water partition coefficient (Wildman–Crippen LogP) is 2.62. The van der Waals surface area contributed by atoms with Gasteiger partial charge in [0.05, 0.1) is 0 Å². The summed E-state index contributed by atoms with van der Waals surface area (Å²) in [6.07, 6.45) is 0. The third-order valence-corrected chi connectivity index (χ3v) is 5.17. The second kappa shape index (κ2) is 4.42. The van der Waals surface area contributed by atoms with E-state index < -0.39 is 48.6 Å². The molecule has 120 valence electrons. The van der Waals surface area contributed by atoms with Gasteiger partial charge in [0.1, 0.15) is 32.3 Å². The van der Waals surface area contributed by atoms with Gasteiger partial charge in [-0.15, -0.1) is 0 Å². The van der Waals surface area contributed by atoms with Gasteiger partial charge >= 0.3 is 0 Å². The van der Waals surface area contributed by atoms with Crippen LogP contribution in [0.15, 0.2) is 14.4 Å². The molecule has 4 aromatic rings. The van der Waals surface area contributed by atoms with E-state index >= 15 is 0 Å². The second-order valence-electron chi connectivity index (χ2n) is 5.23. The van der Waals surface area contributed by atoms with Crippen LogP contribution in [0.1, 0.15) is 0 Å². The van der Waals surface area contributed by atoms with Gasteiger partial charge in [0.15, 0.2) is 0 Å². The standard InChI is InChI=1S/C15H3Cl3O6/c16-7-10(19)1-2(11(7)20)4-6(15(24)9(18)14(4)23)5-3(1)12(21)8(17)13(5)22/h19,21,23H. The first-order valence-electron chi connectivity index (χ1n) is 6.35. The molecule has 0 fully saturated rings. The van der Waals surface area contributed by atoms with Gasteiger partial charge in [-0.1, -0.05) is 34.8 Å². The smallest absolute Gasteiger partial charge is 0.209 e. The molecule has 0 unspecified atom stereocenters. The maximum atomic E-state index is 12.3. The Kier molecular flexibility index (Phi) is 2.81. The fourth-order valence-corrected chi connectivity index (χ4v) is 3.69. The topological polar surface area (TPSA) is 112 Å². The second-order valence-corrected chi connectivity index (χ2v) is 6.36. The van der Waals surface area contributed by atoms with E-state index in [1.54, 1.807) is 0 Å². The van der Waals surface area contributed by atoms with Crippen molar-refractivity contribution in [1.82, 2.24) is 0 Å². The molecule has 4 aromatic carbocycles. The van der Waals surface area contributed by atoms with Crippen LogP contribution in [0.3, 0.4) is 0 Å². The Balaban J connectivity index is 2.68. The molecule has 0 aliphatic heterocycles. The summed E-state index contributed by atoms with van der Waals surface area (Å²) in [7, 11) is 0. The Labute approximate surface area is 145 Å². The first kappa shape index (κ1) is 15.3. The number of fused-ring (bicyclic) bond motifs is 6. The largest absolute Gasteiger partial charge is 0.506 e. The van der Waals surface area contributed by atoms with Gasteiger partial charge in [0.2, 0.25) is 16.3 Å². The molecule has 0 aromatic heterocycles. The lowest BCUT2D eigenvalue weighted by atomic mass is 10.0.